The SMILES string of the molecule is Cc1ccc(C(C)(C)C)cc1S(=O)(=O)NC(=O)C1CC(=O)N(C(C)c2ccccc2)C1. The molecule has 1 saturated heterocycles. The van der Waals surface area contributed by atoms with Gasteiger partial charge >= 0.3 is 0 Å². The van der Waals surface area contributed by atoms with E-state index in [1.807, 2.05) is 64.1 Å². The van der Waals surface area contributed by atoms with Crippen molar-refractivity contribution in [3.8, 4) is 0 Å². The van der Waals surface area contributed by atoms with Crippen LogP contribution < -0.4 is 4.72 Å². The van der Waals surface area contributed by atoms with Crippen LogP contribution in [0.15, 0.2) is 53.4 Å². The Morgan fingerprint density at radius 1 is 1.13 bits per heavy atom. The van der Waals surface area contributed by atoms with Crippen molar-refractivity contribution in [1.82, 2.24) is 9.62 Å². The van der Waals surface area contributed by atoms with Gasteiger partial charge in [0.15, 0.2) is 0 Å². The molecule has 1 N–H and O–H groups in total. The van der Waals surface area contributed by atoms with Crippen molar-refractivity contribution in [3.05, 3.63) is 65.2 Å². The van der Waals surface area contributed by atoms with Gasteiger partial charge in [-0.15, -0.1) is 0 Å². The largest absolute Gasteiger partial charge is 0.335 e. The van der Waals surface area contributed by atoms with E-state index in [-0.39, 0.29) is 35.2 Å². The number of likely N-dealkylation sites (tertiary alicyclic amines) is 1. The Morgan fingerprint density at radius 3 is 2.39 bits per heavy atom. The van der Waals surface area contributed by atoms with Crippen molar-refractivity contribution in [2.45, 2.75) is 57.4 Å². The van der Waals surface area contributed by atoms with Gasteiger partial charge in [0, 0.05) is 13.0 Å². The van der Waals surface area contributed by atoms with E-state index in [4.69, 9.17) is 0 Å². The Hall–Kier alpha value is -2.67. The van der Waals surface area contributed by atoms with Crippen LogP contribution in [0.1, 0.15) is 56.8 Å². The molecule has 166 valence electrons. The van der Waals surface area contributed by atoms with E-state index in [9.17, 15) is 18.0 Å². The molecule has 0 spiro atoms. The van der Waals surface area contributed by atoms with Gasteiger partial charge in [0.1, 0.15) is 0 Å². The minimum absolute atomic E-state index is 0.000457. The van der Waals surface area contributed by atoms with Crippen LogP contribution in [0.4, 0.5) is 0 Å². The molecule has 2 aromatic rings. The third kappa shape index (κ3) is 4.98. The third-order valence-corrected chi connectivity index (χ3v) is 7.35. The molecule has 2 amide bonds. The molecular weight excluding hydrogens is 412 g/mol. The summed E-state index contributed by atoms with van der Waals surface area (Å²) < 4.78 is 28.2. The topological polar surface area (TPSA) is 83.5 Å². The Kier molecular flexibility index (Phi) is 6.28. The second kappa shape index (κ2) is 8.46. The Labute approximate surface area is 184 Å². The van der Waals surface area contributed by atoms with Crippen LogP contribution in [0.25, 0.3) is 0 Å². The lowest BCUT2D eigenvalue weighted by Crippen LogP contribution is -2.37. The van der Waals surface area contributed by atoms with E-state index < -0.39 is 21.8 Å². The lowest BCUT2D eigenvalue weighted by Gasteiger charge is -2.25. The van der Waals surface area contributed by atoms with Crippen molar-refractivity contribution < 1.29 is 18.0 Å². The number of aryl methyl sites for hydroxylation is 1. The number of hydrogen-bond donors (Lipinski definition) is 1. The zero-order valence-corrected chi connectivity index (χ0v) is 19.5. The minimum Gasteiger partial charge on any atom is -0.335 e. The number of carbonyl (C=O) groups excluding carboxylic acids is 2. The van der Waals surface area contributed by atoms with Crippen LogP contribution in [0.5, 0.6) is 0 Å². The normalized spacial score (nSPS) is 18.2. The molecule has 0 radical (unpaired) electrons. The van der Waals surface area contributed by atoms with Gasteiger partial charge in [-0.25, -0.2) is 13.1 Å². The van der Waals surface area contributed by atoms with Crippen molar-refractivity contribution in [3.63, 3.8) is 0 Å². The number of benzene rings is 2. The van der Waals surface area contributed by atoms with Gasteiger partial charge in [-0.1, -0.05) is 63.2 Å². The summed E-state index contributed by atoms with van der Waals surface area (Å²) in [5, 5.41) is 0. The van der Waals surface area contributed by atoms with Gasteiger partial charge in [0.25, 0.3) is 10.0 Å². The van der Waals surface area contributed by atoms with Crippen LogP contribution in [0, 0.1) is 12.8 Å². The fourth-order valence-corrected chi connectivity index (χ4v) is 5.14. The average Bonchev–Trinajstić information content (AvgIpc) is 3.09. The molecule has 2 atom stereocenters. The molecule has 0 aromatic heterocycles. The van der Waals surface area contributed by atoms with Crippen LogP contribution >= 0.6 is 0 Å². The summed E-state index contributed by atoms with van der Waals surface area (Å²) in [6, 6.07) is 14.6. The smallest absolute Gasteiger partial charge is 0.264 e. The Bertz CT molecular complexity index is 1090. The first-order chi connectivity index (χ1) is 14.4. The third-order valence-electron chi connectivity index (χ3n) is 5.86. The number of nitrogens with one attached hydrogen (secondary N) is 1. The van der Waals surface area contributed by atoms with E-state index in [0.29, 0.717) is 5.56 Å². The first-order valence-corrected chi connectivity index (χ1v) is 11.9. The molecular formula is C24H30N2O4S. The van der Waals surface area contributed by atoms with E-state index in [2.05, 4.69) is 4.72 Å². The lowest BCUT2D eigenvalue weighted by atomic mass is 9.87. The number of nitrogens with zero attached hydrogens (tertiary/aromatic N) is 1. The van der Waals surface area contributed by atoms with Gasteiger partial charge in [-0.2, -0.15) is 0 Å². The molecule has 7 heteroatoms. The molecule has 6 nitrogen and oxygen atoms in total. The molecule has 1 heterocycles. The molecule has 0 saturated carbocycles. The molecule has 1 aliphatic heterocycles. The summed E-state index contributed by atoms with van der Waals surface area (Å²) in [7, 11) is -4.05. The van der Waals surface area contributed by atoms with E-state index in [1.54, 1.807) is 24.0 Å². The van der Waals surface area contributed by atoms with Crippen LogP contribution in [-0.4, -0.2) is 31.7 Å². The van der Waals surface area contributed by atoms with Gasteiger partial charge in [0.05, 0.1) is 16.9 Å². The van der Waals surface area contributed by atoms with Gasteiger partial charge in [-0.05, 0) is 42.0 Å². The fourth-order valence-electron chi connectivity index (χ4n) is 3.82. The second-order valence-corrected chi connectivity index (χ2v) is 10.9. The van der Waals surface area contributed by atoms with Crippen LogP contribution in [-0.2, 0) is 25.0 Å². The van der Waals surface area contributed by atoms with Crippen molar-refractivity contribution in [2.24, 2.45) is 5.92 Å². The highest BCUT2D eigenvalue weighted by molar-refractivity contribution is 7.90. The molecule has 0 bridgehead atoms. The number of sulfonamides is 1. The molecule has 3 rings (SSSR count). The summed E-state index contributed by atoms with van der Waals surface area (Å²) in [5.74, 6) is -1.50. The molecule has 1 fully saturated rings. The zero-order valence-electron chi connectivity index (χ0n) is 18.7. The number of hydrogen-bond acceptors (Lipinski definition) is 4. The summed E-state index contributed by atoms with van der Waals surface area (Å²) in [4.78, 5) is 27.1. The first kappa shape index (κ1) is 23.0. The van der Waals surface area contributed by atoms with Crippen LogP contribution in [0.2, 0.25) is 0 Å². The number of amides is 2. The predicted octanol–water partition coefficient (Wildman–Crippen LogP) is 3.71. The molecule has 0 aliphatic carbocycles. The monoisotopic (exact) mass is 442 g/mol. The summed E-state index contributed by atoms with van der Waals surface area (Å²) in [5.41, 5.74) is 2.17. The fraction of sp³-hybridized carbons (Fsp3) is 0.417. The standard InChI is InChI=1S/C24H30N2O4S/c1-16-11-12-20(24(3,4)5)14-21(16)31(29,30)25-23(28)19-13-22(27)26(15-19)17(2)18-9-7-6-8-10-18/h6-12,14,17,19H,13,15H2,1-5H3,(H,25,28). The van der Waals surface area contributed by atoms with Crippen molar-refractivity contribution in [2.75, 3.05) is 6.54 Å². The highest BCUT2D eigenvalue weighted by Crippen LogP contribution is 2.30. The average molecular weight is 443 g/mol. The molecule has 1 aliphatic rings. The van der Waals surface area contributed by atoms with Crippen LogP contribution in [0.3, 0.4) is 0 Å². The molecule has 31 heavy (non-hydrogen) atoms. The zero-order chi connectivity index (χ0) is 23.0. The maximum absolute atomic E-state index is 13.0. The van der Waals surface area contributed by atoms with Gasteiger partial charge in [-0.3, -0.25) is 9.59 Å². The second-order valence-electron chi connectivity index (χ2n) is 9.23. The van der Waals surface area contributed by atoms with E-state index in [0.717, 1.165) is 11.1 Å². The van der Waals surface area contributed by atoms with Crippen molar-refractivity contribution >= 4 is 21.8 Å². The number of rotatable bonds is 5. The summed E-state index contributed by atoms with van der Waals surface area (Å²) in [6.07, 6.45) is -0.000457. The lowest BCUT2D eigenvalue weighted by molar-refractivity contribution is -0.130. The minimum atomic E-state index is -4.05. The number of carbonyl (C=O) groups is 2. The molecule has 2 unspecified atom stereocenters. The van der Waals surface area contributed by atoms with Gasteiger partial charge < -0.3 is 4.90 Å². The Balaban J connectivity index is 1.77. The maximum Gasteiger partial charge on any atom is 0.264 e. The summed E-state index contributed by atoms with van der Waals surface area (Å²) in [6.45, 7) is 9.80. The van der Waals surface area contributed by atoms with Crippen molar-refractivity contribution in [1.29, 1.82) is 0 Å². The highest BCUT2D eigenvalue weighted by Gasteiger charge is 2.38. The van der Waals surface area contributed by atoms with Gasteiger partial charge in [0.2, 0.25) is 11.8 Å². The quantitative estimate of drug-likeness (QED) is 0.765. The molecule has 2 aromatic carbocycles. The predicted molar refractivity (Wildman–Crippen MR) is 120 cm³/mol. The van der Waals surface area contributed by atoms with E-state index >= 15 is 0 Å². The first-order valence-electron chi connectivity index (χ1n) is 10.4. The summed E-state index contributed by atoms with van der Waals surface area (Å²) >= 11 is 0. The maximum atomic E-state index is 13.0. The van der Waals surface area contributed by atoms with E-state index in [1.165, 1.54) is 0 Å². The highest BCUT2D eigenvalue weighted by atomic mass is 32.2. The Morgan fingerprint density at radius 2 is 1.77 bits per heavy atom.